The van der Waals surface area contributed by atoms with Crippen LogP contribution in [0.1, 0.15) is 50.1 Å². The van der Waals surface area contributed by atoms with Gasteiger partial charge in [0.05, 0.1) is 0 Å². The summed E-state index contributed by atoms with van der Waals surface area (Å²) in [6.07, 6.45) is 6.74. The average molecular weight is 411 g/mol. The van der Waals surface area contributed by atoms with Gasteiger partial charge in [0.25, 0.3) is 5.56 Å². The quantitative estimate of drug-likeness (QED) is 0.720. The van der Waals surface area contributed by atoms with Crippen molar-refractivity contribution in [3.63, 3.8) is 0 Å². The van der Waals surface area contributed by atoms with Crippen LogP contribution in [-0.4, -0.2) is 28.5 Å². The van der Waals surface area contributed by atoms with Crippen molar-refractivity contribution < 1.29 is 4.79 Å². The molecule has 29 heavy (non-hydrogen) atoms. The normalized spacial score (nSPS) is 24.2. The number of hydrogen-bond acceptors (Lipinski definition) is 2. The third kappa shape index (κ3) is 3.52. The van der Waals surface area contributed by atoms with Gasteiger partial charge >= 0.3 is 0 Å². The van der Waals surface area contributed by atoms with Crippen LogP contribution in [0.5, 0.6) is 0 Å². The minimum absolute atomic E-state index is 0.0690. The maximum atomic E-state index is 13.2. The number of benzene rings is 1. The lowest BCUT2D eigenvalue weighted by atomic mass is 9.79. The number of rotatable bonds is 2. The van der Waals surface area contributed by atoms with Crippen LogP contribution in [0.4, 0.5) is 0 Å². The summed E-state index contributed by atoms with van der Waals surface area (Å²) in [6, 6.07) is 11.4. The molecule has 5 heteroatoms. The van der Waals surface area contributed by atoms with Gasteiger partial charge in [-0.05, 0) is 48.9 Å². The molecule has 1 amide bonds. The summed E-state index contributed by atoms with van der Waals surface area (Å²) in [5.74, 6) is 1.14. The first kappa shape index (κ1) is 18.9. The van der Waals surface area contributed by atoms with Gasteiger partial charge in [-0.2, -0.15) is 0 Å². The monoisotopic (exact) mass is 410 g/mol. The van der Waals surface area contributed by atoms with E-state index in [0.717, 1.165) is 49.2 Å². The molecule has 1 aliphatic carbocycles. The van der Waals surface area contributed by atoms with Crippen molar-refractivity contribution in [2.45, 2.75) is 51.0 Å². The van der Waals surface area contributed by atoms with Gasteiger partial charge < -0.3 is 9.47 Å². The molecule has 1 aromatic carbocycles. The van der Waals surface area contributed by atoms with E-state index in [2.05, 4.69) is 4.90 Å². The number of fused-ring (bicyclic) bond motifs is 4. The highest BCUT2D eigenvalue weighted by molar-refractivity contribution is 6.30. The summed E-state index contributed by atoms with van der Waals surface area (Å²) in [4.78, 5) is 28.0. The molecule has 2 atom stereocenters. The molecule has 1 saturated carbocycles. The zero-order chi connectivity index (χ0) is 20.0. The van der Waals surface area contributed by atoms with Gasteiger partial charge in [-0.1, -0.05) is 43.0 Å². The molecule has 2 bridgehead atoms. The van der Waals surface area contributed by atoms with Crippen molar-refractivity contribution in [2.24, 2.45) is 11.8 Å². The molecule has 0 spiro atoms. The fraction of sp³-hybridized carbons (Fsp3) is 0.500. The Kier molecular flexibility index (Phi) is 4.99. The number of carbonyl (C=O) groups excluding carboxylic acids is 1. The minimum atomic E-state index is 0.0690. The average Bonchev–Trinajstić information content (AvgIpc) is 2.75. The first-order chi connectivity index (χ1) is 14.1. The molecule has 1 aromatic heterocycles. The van der Waals surface area contributed by atoms with Crippen molar-refractivity contribution in [1.29, 1.82) is 0 Å². The Morgan fingerprint density at radius 1 is 0.931 bits per heavy atom. The van der Waals surface area contributed by atoms with Crippen LogP contribution in [0, 0.1) is 11.8 Å². The molecule has 152 valence electrons. The fourth-order valence-electron chi connectivity index (χ4n) is 5.68. The predicted octanol–water partition coefficient (Wildman–Crippen LogP) is 4.69. The molecule has 1 saturated heterocycles. The molecular formula is C24H27ClN2O2. The van der Waals surface area contributed by atoms with E-state index >= 15 is 0 Å². The van der Waals surface area contributed by atoms with Crippen LogP contribution in [0.2, 0.25) is 5.02 Å². The molecule has 2 unspecified atom stereocenters. The van der Waals surface area contributed by atoms with Crippen molar-refractivity contribution in [1.82, 2.24) is 9.47 Å². The van der Waals surface area contributed by atoms with Crippen LogP contribution >= 0.6 is 11.6 Å². The number of piperidine rings is 1. The highest BCUT2D eigenvalue weighted by Crippen LogP contribution is 2.41. The summed E-state index contributed by atoms with van der Waals surface area (Å²) >= 11 is 6.08. The van der Waals surface area contributed by atoms with Crippen molar-refractivity contribution in [3.05, 3.63) is 57.5 Å². The molecule has 0 radical (unpaired) electrons. The van der Waals surface area contributed by atoms with Crippen molar-refractivity contribution >= 4 is 17.5 Å². The SMILES string of the molecule is O=C(C1CCCCC1)N1CC2CC(C1)c1c(-c3ccc(Cl)cc3)ccc(=O)n1C2. The third-order valence-electron chi connectivity index (χ3n) is 7.01. The number of nitrogens with zero attached hydrogens (tertiary/aromatic N) is 2. The van der Waals surface area contributed by atoms with Gasteiger partial charge in [-0.3, -0.25) is 9.59 Å². The standard InChI is InChI=1S/C24H27ClN2O2/c25-20-8-6-17(7-9-20)21-10-11-22(28)27-14-16-12-19(23(21)27)15-26(13-16)24(29)18-4-2-1-3-5-18/h6-11,16,18-19H,1-5,12-15H2. The third-order valence-corrected chi connectivity index (χ3v) is 7.26. The molecule has 3 aliphatic rings. The van der Waals surface area contributed by atoms with E-state index in [1.54, 1.807) is 6.07 Å². The first-order valence-electron chi connectivity index (χ1n) is 10.9. The zero-order valence-electron chi connectivity index (χ0n) is 16.6. The molecular weight excluding hydrogens is 384 g/mol. The van der Waals surface area contributed by atoms with Gasteiger partial charge in [0.1, 0.15) is 0 Å². The van der Waals surface area contributed by atoms with E-state index in [9.17, 15) is 9.59 Å². The number of pyridine rings is 1. The van der Waals surface area contributed by atoms with Crippen LogP contribution in [-0.2, 0) is 11.3 Å². The van der Waals surface area contributed by atoms with Crippen LogP contribution in [0.25, 0.3) is 11.1 Å². The molecule has 2 aromatic rings. The lowest BCUT2D eigenvalue weighted by Gasteiger charge is -2.44. The highest BCUT2D eigenvalue weighted by atomic mass is 35.5. The van der Waals surface area contributed by atoms with E-state index in [1.807, 2.05) is 34.9 Å². The van der Waals surface area contributed by atoms with E-state index in [-0.39, 0.29) is 17.4 Å². The van der Waals surface area contributed by atoms with E-state index < -0.39 is 0 Å². The van der Waals surface area contributed by atoms with Gasteiger partial charge in [-0.15, -0.1) is 0 Å². The number of aromatic nitrogens is 1. The smallest absolute Gasteiger partial charge is 0.250 e. The Hall–Kier alpha value is -2.07. The maximum Gasteiger partial charge on any atom is 0.250 e. The topological polar surface area (TPSA) is 42.3 Å². The number of amides is 1. The lowest BCUT2D eigenvalue weighted by Crippen LogP contribution is -2.51. The van der Waals surface area contributed by atoms with E-state index in [1.165, 1.54) is 19.3 Å². The molecule has 4 nitrogen and oxygen atoms in total. The summed E-state index contributed by atoms with van der Waals surface area (Å²) in [5, 5.41) is 0.706. The fourth-order valence-corrected chi connectivity index (χ4v) is 5.80. The van der Waals surface area contributed by atoms with Gasteiger partial charge in [-0.25, -0.2) is 0 Å². The van der Waals surface area contributed by atoms with Gasteiger partial charge in [0, 0.05) is 53.8 Å². The highest BCUT2D eigenvalue weighted by Gasteiger charge is 2.39. The second-order valence-electron chi connectivity index (χ2n) is 8.96. The Morgan fingerprint density at radius 3 is 2.45 bits per heavy atom. The first-order valence-corrected chi connectivity index (χ1v) is 11.3. The summed E-state index contributed by atoms with van der Waals surface area (Å²) in [6.45, 7) is 2.24. The summed E-state index contributed by atoms with van der Waals surface area (Å²) in [7, 11) is 0. The molecule has 5 rings (SSSR count). The molecule has 0 N–H and O–H groups in total. The van der Waals surface area contributed by atoms with Crippen LogP contribution in [0.15, 0.2) is 41.2 Å². The second kappa shape index (κ2) is 7.64. The molecule has 2 fully saturated rings. The molecule has 3 heterocycles. The number of carbonyl (C=O) groups is 1. The van der Waals surface area contributed by atoms with E-state index in [0.29, 0.717) is 23.4 Å². The van der Waals surface area contributed by atoms with Crippen LogP contribution in [0.3, 0.4) is 0 Å². The second-order valence-corrected chi connectivity index (χ2v) is 9.40. The van der Waals surface area contributed by atoms with Crippen molar-refractivity contribution in [2.75, 3.05) is 13.1 Å². The summed E-state index contributed by atoms with van der Waals surface area (Å²) < 4.78 is 1.96. The number of hydrogen-bond donors (Lipinski definition) is 0. The van der Waals surface area contributed by atoms with E-state index in [4.69, 9.17) is 11.6 Å². The number of likely N-dealkylation sites (tertiary alicyclic amines) is 1. The Balaban J connectivity index is 1.49. The lowest BCUT2D eigenvalue weighted by molar-refractivity contribution is -0.139. The van der Waals surface area contributed by atoms with Gasteiger partial charge in [0.15, 0.2) is 0 Å². The van der Waals surface area contributed by atoms with Crippen LogP contribution < -0.4 is 5.56 Å². The summed E-state index contributed by atoms with van der Waals surface area (Å²) in [5.41, 5.74) is 3.33. The van der Waals surface area contributed by atoms with Gasteiger partial charge in [0.2, 0.25) is 5.91 Å². The predicted molar refractivity (Wildman–Crippen MR) is 115 cm³/mol. The number of halogens is 1. The Morgan fingerprint density at radius 2 is 1.69 bits per heavy atom. The zero-order valence-corrected chi connectivity index (χ0v) is 17.4. The Bertz CT molecular complexity index is 975. The largest absolute Gasteiger partial charge is 0.341 e. The maximum absolute atomic E-state index is 13.2. The van der Waals surface area contributed by atoms with Crippen molar-refractivity contribution in [3.8, 4) is 11.1 Å². The Labute approximate surface area is 176 Å². The minimum Gasteiger partial charge on any atom is -0.341 e. The molecule has 2 aliphatic heterocycles.